The Hall–Kier alpha value is -3.30. The monoisotopic (exact) mass is 524 g/mol. The number of nitrogens with one attached hydrogen (secondary N) is 1. The molecule has 1 N–H and O–H groups in total. The summed E-state index contributed by atoms with van der Waals surface area (Å²) in [5.41, 5.74) is 3.59. The molecule has 10 heteroatoms. The molecule has 1 amide bonds. The maximum atomic E-state index is 12.5. The number of ketones is 1. The number of pyridine rings is 1. The van der Waals surface area contributed by atoms with Gasteiger partial charge in [-0.1, -0.05) is 32.7 Å². The van der Waals surface area contributed by atoms with E-state index < -0.39 is 11.7 Å². The van der Waals surface area contributed by atoms with E-state index in [9.17, 15) is 9.59 Å². The van der Waals surface area contributed by atoms with Crippen molar-refractivity contribution < 1.29 is 9.59 Å². The van der Waals surface area contributed by atoms with Crippen LogP contribution in [0.4, 0.5) is 11.4 Å². The van der Waals surface area contributed by atoms with Gasteiger partial charge in [-0.3, -0.25) is 19.5 Å². The van der Waals surface area contributed by atoms with E-state index in [0.29, 0.717) is 29.4 Å². The van der Waals surface area contributed by atoms with Gasteiger partial charge in [-0.25, -0.2) is 4.68 Å². The molecule has 0 atom stereocenters. The Labute approximate surface area is 202 Å². The molecule has 0 radical (unpaired) electrons. The minimum atomic E-state index is -0.540. The van der Waals surface area contributed by atoms with Crippen LogP contribution < -0.4 is 10.2 Å². The van der Waals surface area contributed by atoms with Crippen molar-refractivity contribution in [3.05, 3.63) is 75.6 Å². The van der Waals surface area contributed by atoms with Crippen molar-refractivity contribution in [3.8, 4) is 0 Å². The Morgan fingerprint density at radius 2 is 1.97 bits per heavy atom. The smallest absolute Gasteiger partial charge is 0.299 e. The minimum Gasteiger partial charge on any atom is -0.384 e. The lowest BCUT2D eigenvalue weighted by Crippen LogP contribution is -2.30. The van der Waals surface area contributed by atoms with Gasteiger partial charge in [0, 0.05) is 39.9 Å². The SMILES string of the molecule is O=C1C(=O)N(Cc2cnnn2CCCNc2ccnc3cc(Cl)ccc23)c2ccc(Br)cc21. The molecule has 2 aromatic heterocycles. The molecule has 0 bridgehead atoms. The number of benzene rings is 2. The fourth-order valence-corrected chi connectivity index (χ4v) is 4.44. The molecule has 1 aliphatic rings. The first kappa shape index (κ1) is 21.5. The third-order valence-corrected chi connectivity index (χ3v) is 6.25. The summed E-state index contributed by atoms with van der Waals surface area (Å²) >= 11 is 9.41. The molecule has 0 unspecified atom stereocenters. The molecular formula is C23H18BrClN6O2. The summed E-state index contributed by atoms with van der Waals surface area (Å²) in [7, 11) is 0. The number of aryl methyl sites for hydroxylation is 1. The van der Waals surface area contributed by atoms with Gasteiger partial charge in [-0.2, -0.15) is 0 Å². The molecule has 0 saturated heterocycles. The fourth-order valence-electron chi connectivity index (χ4n) is 3.91. The number of anilines is 2. The standard InChI is InChI=1S/C23H18BrClN6O2/c24-14-2-5-21-18(10-14)22(32)23(33)30(21)13-16-12-28-29-31(16)9-1-7-26-19-6-8-27-20-11-15(25)3-4-17(19)20/h2-6,8,10-12H,1,7,9,13H2,(H,26,27). The number of rotatable bonds is 7. The summed E-state index contributed by atoms with van der Waals surface area (Å²) in [6.45, 7) is 1.55. The summed E-state index contributed by atoms with van der Waals surface area (Å²) in [5, 5.41) is 13.3. The topological polar surface area (TPSA) is 93.0 Å². The van der Waals surface area contributed by atoms with Crippen molar-refractivity contribution in [1.29, 1.82) is 0 Å². The average molecular weight is 526 g/mol. The number of aromatic nitrogens is 4. The largest absolute Gasteiger partial charge is 0.384 e. The first-order valence-corrected chi connectivity index (χ1v) is 11.5. The molecule has 166 valence electrons. The number of hydrogen-bond donors (Lipinski definition) is 1. The Kier molecular flexibility index (Phi) is 5.82. The predicted molar refractivity (Wildman–Crippen MR) is 130 cm³/mol. The Balaban J connectivity index is 1.24. The van der Waals surface area contributed by atoms with Gasteiger partial charge >= 0.3 is 0 Å². The molecule has 4 aromatic rings. The lowest BCUT2D eigenvalue weighted by Gasteiger charge is -2.17. The molecule has 2 aromatic carbocycles. The number of hydrogen-bond acceptors (Lipinski definition) is 6. The van der Waals surface area contributed by atoms with Crippen LogP contribution in [-0.4, -0.2) is 38.2 Å². The summed E-state index contributed by atoms with van der Waals surface area (Å²) < 4.78 is 2.52. The van der Waals surface area contributed by atoms with Crippen LogP contribution >= 0.6 is 27.5 Å². The second kappa shape index (κ2) is 8.92. The first-order valence-electron chi connectivity index (χ1n) is 10.3. The van der Waals surface area contributed by atoms with Crippen molar-refractivity contribution >= 4 is 61.5 Å². The van der Waals surface area contributed by atoms with E-state index in [1.54, 1.807) is 29.2 Å². The number of nitrogens with zero attached hydrogens (tertiary/aromatic N) is 5. The maximum absolute atomic E-state index is 12.5. The zero-order valence-corrected chi connectivity index (χ0v) is 19.7. The molecule has 0 fully saturated rings. The van der Waals surface area contributed by atoms with E-state index >= 15 is 0 Å². The van der Waals surface area contributed by atoms with Crippen molar-refractivity contribution in [2.24, 2.45) is 0 Å². The van der Waals surface area contributed by atoms with E-state index in [2.05, 4.69) is 36.5 Å². The van der Waals surface area contributed by atoms with Crippen molar-refractivity contribution in [3.63, 3.8) is 0 Å². The summed E-state index contributed by atoms with van der Waals surface area (Å²) in [5.74, 6) is -1.04. The summed E-state index contributed by atoms with van der Waals surface area (Å²) in [6.07, 6.45) is 4.16. The molecule has 33 heavy (non-hydrogen) atoms. The van der Waals surface area contributed by atoms with Crippen LogP contribution in [-0.2, 0) is 17.9 Å². The molecule has 3 heterocycles. The number of amides is 1. The summed E-state index contributed by atoms with van der Waals surface area (Å²) in [6, 6.07) is 12.8. The first-order chi connectivity index (χ1) is 16.0. The Morgan fingerprint density at radius 1 is 1.09 bits per heavy atom. The van der Waals surface area contributed by atoms with Crippen molar-refractivity contribution in [2.45, 2.75) is 19.5 Å². The van der Waals surface area contributed by atoms with Gasteiger partial charge in [0.2, 0.25) is 0 Å². The van der Waals surface area contributed by atoms with Crippen LogP contribution in [0.15, 0.2) is 59.3 Å². The molecule has 0 aliphatic carbocycles. The van der Waals surface area contributed by atoms with Gasteiger partial charge in [-0.05, 0) is 48.9 Å². The van der Waals surface area contributed by atoms with Crippen LogP contribution in [0.2, 0.25) is 5.02 Å². The maximum Gasteiger partial charge on any atom is 0.299 e. The van der Waals surface area contributed by atoms with Crippen molar-refractivity contribution in [2.75, 3.05) is 16.8 Å². The molecular weight excluding hydrogens is 508 g/mol. The van der Waals surface area contributed by atoms with Gasteiger partial charge in [-0.15, -0.1) is 5.10 Å². The van der Waals surface area contributed by atoms with Crippen LogP contribution in [0.5, 0.6) is 0 Å². The van der Waals surface area contributed by atoms with Crippen LogP contribution in [0.3, 0.4) is 0 Å². The van der Waals surface area contributed by atoms with Crippen LogP contribution in [0.25, 0.3) is 10.9 Å². The third-order valence-electron chi connectivity index (χ3n) is 5.52. The van der Waals surface area contributed by atoms with E-state index in [-0.39, 0.29) is 6.54 Å². The number of fused-ring (bicyclic) bond motifs is 2. The highest BCUT2D eigenvalue weighted by molar-refractivity contribution is 9.10. The lowest BCUT2D eigenvalue weighted by molar-refractivity contribution is -0.114. The quantitative estimate of drug-likeness (QED) is 0.283. The lowest BCUT2D eigenvalue weighted by atomic mass is 10.1. The zero-order valence-electron chi connectivity index (χ0n) is 17.3. The van der Waals surface area contributed by atoms with E-state index in [1.807, 2.05) is 30.3 Å². The highest BCUT2D eigenvalue weighted by Gasteiger charge is 2.36. The summed E-state index contributed by atoms with van der Waals surface area (Å²) in [4.78, 5) is 30.7. The normalized spacial score (nSPS) is 13.1. The minimum absolute atomic E-state index is 0.232. The van der Waals surface area contributed by atoms with Crippen LogP contribution in [0.1, 0.15) is 22.5 Å². The van der Waals surface area contributed by atoms with Gasteiger partial charge in [0.05, 0.1) is 35.2 Å². The highest BCUT2D eigenvalue weighted by Crippen LogP contribution is 2.32. The zero-order chi connectivity index (χ0) is 22.9. The highest BCUT2D eigenvalue weighted by atomic mass is 79.9. The third kappa shape index (κ3) is 4.21. The average Bonchev–Trinajstić information content (AvgIpc) is 3.34. The van der Waals surface area contributed by atoms with Gasteiger partial charge in [0.15, 0.2) is 0 Å². The number of Topliss-reactive ketones (excluding diaryl/α,β-unsaturated/α-hetero) is 1. The van der Waals surface area contributed by atoms with E-state index in [0.717, 1.165) is 33.2 Å². The van der Waals surface area contributed by atoms with E-state index in [4.69, 9.17) is 11.6 Å². The van der Waals surface area contributed by atoms with Crippen molar-refractivity contribution in [1.82, 2.24) is 20.0 Å². The Morgan fingerprint density at radius 3 is 2.85 bits per heavy atom. The molecule has 8 nitrogen and oxygen atoms in total. The Bertz CT molecular complexity index is 1390. The molecule has 0 saturated carbocycles. The van der Waals surface area contributed by atoms with Crippen LogP contribution in [0, 0.1) is 0 Å². The van der Waals surface area contributed by atoms with E-state index in [1.165, 1.54) is 4.90 Å². The van der Waals surface area contributed by atoms with Gasteiger partial charge in [0.25, 0.3) is 11.7 Å². The fraction of sp³-hybridized carbons (Fsp3) is 0.174. The predicted octanol–water partition coefficient (Wildman–Crippen LogP) is 4.47. The second-order valence-electron chi connectivity index (χ2n) is 7.63. The van der Waals surface area contributed by atoms with Gasteiger partial charge in [0.1, 0.15) is 0 Å². The number of carbonyl (C=O) groups is 2. The van der Waals surface area contributed by atoms with Gasteiger partial charge < -0.3 is 5.32 Å². The molecule has 0 spiro atoms. The molecule has 5 rings (SSSR count). The number of halogens is 2. The second-order valence-corrected chi connectivity index (χ2v) is 8.98. The number of carbonyl (C=O) groups excluding carboxylic acids is 2. The molecule has 1 aliphatic heterocycles.